The van der Waals surface area contributed by atoms with Gasteiger partial charge < -0.3 is 5.32 Å². The fourth-order valence-electron chi connectivity index (χ4n) is 1.97. The van der Waals surface area contributed by atoms with E-state index in [0.29, 0.717) is 10.4 Å². The van der Waals surface area contributed by atoms with Crippen molar-refractivity contribution in [2.45, 2.75) is 30.1 Å². The Hall–Kier alpha value is -0.610. The van der Waals surface area contributed by atoms with Crippen molar-refractivity contribution in [3.8, 4) is 0 Å². The van der Waals surface area contributed by atoms with E-state index >= 15 is 0 Å². The molecule has 1 aromatic rings. The van der Waals surface area contributed by atoms with Gasteiger partial charge in [0, 0.05) is 16.4 Å². The lowest BCUT2D eigenvalue weighted by atomic mass is 10.2. The molecule has 0 heterocycles. The summed E-state index contributed by atoms with van der Waals surface area (Å²) in [5.74, 6) is -0.717. The van der Waals surface area contributed by atoms with Crippen molar-refractivity contribution in [3.63, 3.8) is 0 Å². The summed E-state index contributed by atoms with van der Waals surface area (Å²) in [6, 6.07) is 4.14. The van der Waals surface area contributed by atoms with E-state index in [9.17, 15) is 9.18 Å². The molecule has 1 amide bonds. The van der Waals surface area contributed by atoms with E-state index in [-0.39, 0.29) is 17.0 Å². The van der Waals surface area contributed by atoms with Crippen LogP contribution in [-0.2, 0) is 0 Å². The van der Waals surface area contributed by atoms with E-state index in [1.165, 1.54) is 18.2 Å². The summed E-state index contributed by atoms with van der Waals surface area (Å²) >= 11 is 9.17. The van der Waals surface area contributed by atoms with Gasteiger partial charge in [-0.15, -0.1) is 0 Å². The molecule has 1 fully saturated rings. The first kappa shape index (κ1) is 12.8. The predicted molar refractivity (Wildman–Crippen MR) is 69.2 cm³/mol. The minimum absolute atomic E-state index is 0.0283. The topological polar surface area (TPSA) is 29.1 Å². The van der Waals surface area contributed by atoms with Crippen LogP contribution in [0, 0.1) is 5.82 Å². The minimum Gasteiger partial charge on any atom is -0.348 e. The SMILES string of the molecule is O=C(NC1CCCC1Br)c1ccc(F)c(Cl)c1. The molecule has 5 heteroatoms. The zero-order chi connectivity index (χ0) is 12.4. The lowest BCUT2D eigenvalue weighted by Gasteiger charge is -2.16. The van der Waals surface area contributed by atoms with Gasteiger partial charge in [0.25, 0.3) is 5.91 Å². The number of amides is 1. The van der Waals surface area contributed by atoms with Gasteiger partial charge >= 0.3 is 0 Å². The molecule has 0 aliphatic heterocycles. The summed E-state index contributed by atoms with van der Waals surface area (Å²) in [6.45, 7) is 0. The third-order valence-electron chi connectivity index (χ3n) is 2.93. The van der Waals surface area contributed by atoms with Gasteiger partial charge in [-0.1, -0.05) is 34.0 Å². The highest BCUT2D eigenvalue weighted by Crippen LogP contribution is 2.26. The lowest BCUT2D eigenvalue weighted by Crippen LogP contribution is -2.37. The normalized spacial score (nSPS) is 23.7. The number of carbonyl (C=O) groups is 1. The summed E-state index contributed by atoms with van der Waals surface area (Å²) in [7, 11) is 0. The molecular formula is C12H12BrClFNO. The Morgan fingerprint density at radius 3 is 2.82 bits per heavy atom. The number of nitrogens with one attached hydrogen (secondary N) is 1. The second-order valence-corrected chi connectivity index (χ2v) is 5.74. The predicted octanol–water partition coefficient (Wildman–Crippen LogP) is 3.52. The smallest absolute Gasteiger partial charge is 0.251 e. The van der Waals surface area contributed by atoms with Crippen LogP contribution in [0.4, 0.5) is 4.39 Å². The van der Waals surface area contributed by atoms with Crippen LogP contribution in [0.25, 0.3) is 0 Å². The summed E-state index contributed by atoms with van der Waals surface area (Å²) in [6.07, 6.45) is 3.14. The standard InChI is InChI=1S/C12H12BrClFNO/c13-8-2-1-3-11(8)16-12(17)7-4-5-10(15)9(14)6-7/h4-6,8,11H,1-3H2,(H,16,17). The molecule has 1 aromatic carbocycles. The molecular weight excluding hydrogens is 308 g/mol. The first-order valence-corrected chi connectivity index (χ1v) is 6.77. The first-order valence-electron chi connectivity index (χ1n) is 5.48. The Morgan fingerprint density at radius 1 is 1.47 bits per heavy atom. The molecule has 0 aromatic heterocycles. The van der Waals surface area contributed by atoms with Crippen molar-refractivity contribution in [2.24, 2.45) is 0 Å². The Labute approximate surface area is 113 Å². The number of halogens is 3. The number of rotatable bonds is 2. The van der Waals surface area contributed by atoms with Gasteiger partial charge in [0.05, 0.1) is 5.02 Å². The average molecular weight is 321 g/mol. The summed E-state index contributed by atoms with van der Waals surface area (Å²) in [4.78, 5) is 12.2. The fourth-order valence-corrected chi connectivity index (χ4v) is 2.87. The molecule has 17 heavy (non-hydrogen) atoms. The summed E-state index contributed by atoms with van der Waals surface area (Å²) in [5, 5.41) is 2.90. The number of hydrogen-bond acceptors (Lipinski definition) is 1. The number of carbonyl (C=O) groups excluding carboxylic acids is 1. The van der Waals surface area contributed by atoms with Crippen LogP contribution in [0.1, 0.15) is 29.6 Å². The highest BCUT2D eigenvalue weighted by molar-refractivity contribution is 9.09. The van der Waals surface area contributed by atoms with Crippen LogP contribution >= 0.6 is 27.5 Å². The van der Waals surface area contributed by atoms with Crippen molar-refractivity contribution in [3.05, 3.63) is 34.6 Å². The number of alkyl halides is 1. The molecule has 0 radical (unpaired) electrons. The van der Waals surface area contributed by atoms with Gasteiger partial charge in [-0.05, 0) is 31.0 Å². The third kappa shape index (κ3) is 2.99. The van der Waals surface area contributed by atoms with Crippen LogP contribution in [0.15, 0.2) is 18.2 Å². The van der Waals surface area contributed by atoms with E-state index in [0.717, 1.165) is 19.3 Å². The zero-order valence-electron chi connectivity index (χ0n) is 9.05. The van der Waals surface area contributed by atoms with Gasteiger partial charge in [-0.25, -0.2) is 4.39 Å². The van der Waals surface area contributed by atoms with E-state index in [1.807, 2.05) is 0 Å². The molecule has 1 saturated carbocycles. The highest BCUT2D eigenvalue weighted by Gasteiger charge is 2.26. The molecule has 0 spiro atoms. The molecule has 0 bridgehead atoms. The summed E-state index contributed by atoms with van der Waals surface area (Å²) in [5.41, 5.74) is 0.392. The second-order valence-electron chi connectivity index (χ2n) is 4.16. The number of benzene rings is 1. The van der Waals surface area contributed by atoms with Crippen molar-refractivity contribution >= 4 is 33.4 Å². The van der Waals surface area contributed by atoms with Gasteiger partial charge in [-0.2, -0.15) is 0 Å². The Kier molecular flexibility index (Phi) is 4.05. The van der Waals surface area contributed by atoms with E-state index in [4.69, 9.17) is 11.6 Å². The highest BCUT2D eigenvalue weighted by atomic mass is 79.9. The van der Waals surface area contributed by atoms with Crippen molar-refractivity contribution in [2.75, 3.05) is 0 Å². The van der Waals surface area contributed by atoms with Crippen molar-refractivity contribution < 1.29 is 9.18 Å². The van der Waals surface area contributed by atoms with Crippen LogP contribution in [0.2, 0.25) is 5.02 Å². The molecule has 92 valence electrons. The quantitative estimate of drug-likeness (QED) is 0.830. The van der Waals surface area contributed by atoms with Crippen LogP contribution < -0.4 is 5.32 Å². The zero-order valence-corrected chi connectivity index (χ0v) is 11.4. The fraction of sp³-hybridized carbons (Fsp3) is 0.417. The Morgan fingerprint density at radius 2 is 2.24 bits per heavy atom. The van der Waals surface area contributed by atoms with E-state index < -0.39 is 5.82 Å². The van der Waals surface area contributed by atoms with Gasteiger partial charge in [-0.3, -0.25) is 4.79 Å². The van der Waals surface area contributed by atoms with Crippen LogP contribution in [-0.4, -0.2) is 16.8 Å². The first-order chi connectivity index (χ1) is 8.08. The van der Waals surface area contributed by atoms with E-state index in [2.05, 4.69) is 21.2 Å². The Balaban J connectivity index is 2.06. The van der Waals surface area contributed by atoms with Crippen LogP contribution in [0.5, 0.6) is 0 Å². The molecule has 2 rings (SSSR count). The molecule has 2 atom stereocenters. The molecule has 2 nitrogen and oxygen atoms in total. The molecule has 1 aliphatic rings. The van der Waals surface area contributed by atoms with Gasteiger partial charge in [0.1, 0.15) is 5.82 Å². The van der Waals surface area contributed by atoms with Gasteiger partial charge in [0.15, 0.2) is 0 Å². The second kappa shape index (κ2) is 5.36. The largest absolute Gasteiger partial charge is 0.348 e. The van der Waals surface area contributed by atoms with Crippen molar-refractivity contribution in [1.29, 1.82) is 0 Å². The number of hydrogen-bond donors (Lipinski definition) is 1. The monoisotopic (exact) mass is 319 g/mol. The third-order valence-corrected chi connectivity index (χ3v) is 4.32. The molecule has 0 saturated heterocycles. The maximum atomic E-state index is 13.0. The molecule has 1 N–H and O–H groups in total. The van der Waals surface area contributed by atoms with Gasteiger partial charge in [0.2, 0.25) is 0 Å². The van der Waals surface area contributed by atoms with Crippen molar-refractivity contribution in [1.82, 2.24) is 5.32 Å². The maximum absolute atomic E-state index is 13.0. The Bertz CT molecular complexity index is 441. The molecule has 1 aliphatic carbocycles. The average Bonchev–Trinajstić information content (AvgIpc) is 2.68. The maximum Gasteiger partial charge on any atom is 0.251 e. The lowest BCUT2D eigenvalue weighted by molar-refractivity contribution is 0.0939. The van der Waals surface area contributed by atoms with E-state index in [1.54, 1.807) is 0 Å². The summed E-state index contributed by atoms with van der Waals surface area (Å²) < 4.78 is 13.0. The van der Waals surface area contributed by atoms with Crippen LogP contribution in [0.3, 0.4) is 0 Å². The molecule has 2 unspecified atom stereocenters. The minimum atomic E-state index is -0.512.